The number of anilines is 1. The molecule has 1 aromatic heterocycles. The third-order valence-corrected chi connectivity index (χ3v) is 5.49. The Kier molecular flexibility index (Phi) is 4.78. The Morgan fingerprint density at radius 3 is 2.62 bits per heavy atom. The summed E-state index contributed by atoms with van der Waals surface area (Å²) in [7, 11) is -3.98. The molecule has 2 heterocycles. The van der Waals surface area contributed by atoms with Gasteiger partial charge in [0, 0.05) is 24.8 Å². The number of nitrogens with two attached hydrogens (primary N) is 2. The number of aryl methyl sites for hydroxylation is 1. The highest BCUT2D eigenvalue weighted by molar-refractivity contribution is 7.89. The average molecular weight is 379 g/mol. The van der Waals surface area contributed by atoms with Crippen molar-refractivity contribution in [3.8, 4) is 11.4 Å². The van der Waals surface area contributed by atoms with Crippen molar-refractivity contribution in [2.24, 2.45) is 10.9 Å². The minimum absolute atomic E-state index is 0.0116. The molecule has 7 N–H and O–H groups in total. The van der Waals surface area contributed by atoms with E-state index in [1.807, 2.05) is 6.07 Å². The predicted octanol–water partition coefficient (Wildman–Crippen LogP) is -0.726. The van der Waals surface area contributed by atoms with Gasteiger partial charge in [0.15, 0.2) is 11.8 Å². The summed E-state index contributed by atoms with van der Waals surface area (Å²) in [6.07, 6.45) is 1.51. The number of rotatable bonds is 4. The minimum atomic E-state index is -3.98. The summed E-state index contributed by atoms with van der Waals surface area (Å²) in [5.74, 6) is 0.195. The Morgan fingerprint density at radius 2 is 2.08 bits per heavy atom. The van der Waals surface area contributed by atoms with Gasteiger partial charge in [-0.1, -0.05) is 6.07 Å². The lowest BCUT2D eigenvalue weighted by molar-refractivity contribution is 0.464. The molecule has 0 amide bonds. The SMILES string of the molecule is Cc1ccc(N2CCC(NC(=N)N)CC2)c(-c2nnn[nH]2)c1S(N)(=O)=O. The number of aromatic nitrogens is 4. The first kappa shape index (κ1) is 18.1. The lowest BCUT2D eigenvalue weighted by Gasteiger charge is -2.35. The summed E-state index contributed by atoms with van der Waals surface area (Å²) in [6, 6.07) is 3.69. The molecule has 1 aromatic carbocycles. The maximum atomic E-state index is 12.2. The predicted molar refractivity (Wildman–Crippen MR) is 96.0 cm³/mol. The van der Waals surface area contributed by atoms with Crippen LogP contribution in [0.4, 0.5) is 5.69 Å². The molecule has 26 heavy (non-hydrogen) atoms. The molecular weight excluding hydrogens is 358 g/mol. The van der Waals surface area contributed by atoms with E-state index in [0.717, 1.165) is 12.8 Å². The van der Waals surface area contributed by atoms with E-state index in [2.05, 4.69) is 30.8 Å². The summed E-state index contributed by atoms with van der Waals surface area (Å²) in [5, 5.41) is 29.4. The Morgan fingerprint density at radius 1 is 1.38 bits per heavy atom. The molecule has 0 unspecified atom stereocenters. The van der Waals surface area contributed by atoms with Gasteiger partial charge < -0.3 is 16.0 Å². The van der Waals surface area contributed by atoms with Gasteiger partial charge in [-0.05, 0) is 41.8 Å². The highest BCUT2D eigenvalue weighted by Crippen LogP contribution is 2.37. The Balaban J connectivity index is 2.02. The number of hydrogen-bond acceptors (Lipinski definition) is 7. The standard InChI is InChI=1S/C14H21N9O2S/c1-8-2-3-10(23-6-4-9(5-7-23)18-14(15)16)11(12(8)26(17,24)25)13-19-21-22-20-13/h2-3,9H,4-7H2,1H3,(H4,15,16,18)(H2,17,24,25)(H,19,20,21,22). The number of hydrogen-bond donors (Lipinski definition) is 5. The molecule has 0 aliphatic carbocycles. The normalized spacial score (nSPS) is 15.8. The molecule has 140 valence electrons. The van der Waals surface area contributed by atoms with Crippen LogP contribution in [0.3, 0.4) is 0 Å². The van der Waals surface area contributed by atoms with Crippen LogP contribution in [-0.4, -0.2) is 54.1 Å². The fourth-order valence-corrected chi connectivity index (χ4v) is 4.29. The summed E-state index contributed by atoms with van der Waals surface area (Å²) >= 11 is 0. The van der Waals surface area contributed by atoms with Gasteiger partial charge in [-0.15, -0.1) is 5.10 Å². The molecule has 0 bridgehead atoms. The van der Waals surface area contributed by atoms with Crippen LogP contribution in [0.15, 0.2) is 17.0 Å². The molecular formula is C14H21N9O2S. The molecule has 1 fully saturated rings. The van der Waals surface area contributed by atoms with E-state index in [4.69, 9.17) is 16.3 Å². The lowest BCUT2D eigenvalue weighted by atomic mass is 10.0. The number of nitrogens with one attached hydrogen (secondary N) is 3. The molecule has 1 aliphatic heterocycles. The quantitative estimate of drug-likeness (QED) is 0.341. The van der Waals surface area contributed by atoms with E-state index in [-0.39, 0.29) is 22.7 Å². The van der Waals surface area contributed by atoms with E-state index in [9.17, 15) is 8.42 Å². The second kappa shape index (κ2) is 6.88. The van der Waals surface area contributed by atoms with Crippen molar-refractivity contribution in [1.82, 2.24) is 25.9 Å². The van der Waals surface area contributed by atoms with Gasteiger partial charge in [0.2, 0.25) is 10.0 Å². The van der Waals surface area contributed by atoms with Crippen LogP contribution in [0.5, 0.6) is 0 Å². The number of nitrogens with zero attached hydrogens (tertiary/aromatic N) is 4. The first-order chi connectivity index (χ1) is 12.3. The zero-order valence-corrected chi connectivity index (χ0v) is 15.0. The second-order valence-electron chi connectivity index (χ2n) is 6.22. The van der Waals surface area contributed by atoms with Crippen molar-refractivity contribution < 1.29 is 8.42 Å². The zero-order chi connectivity index (χ0) is 18.9. The maximum Gasteiger partial charge on any atom is 0.239 e. The number of sulfonamides is 1. The van der Waals surface area contributed by atoms with E-state index in [1.54, 1.807) is 13.0 Å². The monoisotopic (exact) mass is 379 g/mol. The van der Waals surface area contributed by atoms with Gasteiger partial charge in [-0.25, -0.2) is 18.7 Å². The Hall–Kier alpha value is -2.73. The van der Waals surface area contributed by atoms with Gasteiger partial charge in [-0.2, -0.15) is 0 Å². The number of H-pyrrole nitrogens is 1. The lowest BCUT2D eigenvalue weighted by Crippen LogP contribution is -2.46. The van der Waals surface area contributed by atoms with Crippen LogP contribution in [0, 0.1) is 12.3 Å². The van der Waals surface area contributed by atoms with Crippen molar-refractivity contribution in [3.63, 3.8) is 0 Å². The first-order valence-electron chi connectivity index (χ1n) is 8.03. The fraction of sp³-hybridized carbons (Fsp3) is 0.429. The van der Waals surface area contributed by atoms with Crippen LogP contribution in [0.2, 0.25) is 0 Å². The van der Waals surface area contributed by atoms with Crippen molar-refractivity contribution in [2.45, 2.75) is 30.7 Å². The number of piperidine rings is 1. The molecule has 11 nitrogen and oxygen atoms in total. The first-order valence-corrected chi connectivity index (χ1v) is 9.58. The van der Waals surface area contributed by atoms with Crippen LogP contribution in [0.1, 0.15) is 18.4 Å². The molecule has 1 aliphatic rings. The fourth-order valence-electron chi connectivity index (χ4n) is 3.29. The van der Waals surface area contributed by atoms with Crippen molar-refractivity contribution in [2.75, 3.05) is 18.0 Å². The summed E-state index contributed by atoms with van der Waals surface area (Å²) < 4.78 is 24.4. The highest BCUT2D eigenvalue weighted by atomic mass is 32.2. The third-order valence-electron chi connectivity index (χ3n) is 4.39. The number of primary sulfonamides is 1. The van der Waals surface area contributed by atoms with Crippen LogP contribution in [0.25, 0.3) is 11.4 Å². The van der Waals surface area contributed by atoms with Crippen molar-refractivity contribution in [3.05, 3.63) is 17.7 Å². The topological polar surface area (TPSA) is 180 Å². The minimum Gasteiger partial charge on any atom is -0.371 e. The van der Waals surface area contributed by atoms with Crippen molar-refractivity contribution >= 4 is 21.7 Å². The van der Waals surface area contributed by atoms with E-state index in [1.165, 1.54) is 0 Å². The number of benzene rings is 1. The molecule has 0 saturated carbocycles. The molecule has 2 aromatic rings. The third kappa shape index (κ3) is 3.60. The van der Waals surface area contributed by atoms with E-state index in [0.29, 0.717) is 29.9 Å². The zero-order valence-electron chi connectivity index (χ0n) is 14.2. The summed E-state index contributed by atoms with van der Waals surface area (Å²) in [4.78, 5) is 2.07. The molecule has 3 rings (SSSR count). The highest BCUT2D eigenvalue weighted by Gasteiger charge is 2.28. The maximum absolute atomic E-state index is 12.2. The van der Waals surface area contributed by atoms with Gasteiger partial charge in [0.25, 0.3) is 0 Å². The molecule has 0 radical (unpaired) electrons. The molecule has 0 atom stereocenters. The van der Waals surface area contributed by atoms with Gasteiger partial charge in [-0.3, -0.25) is 5.41 Å². The Bertz CT molecular complexity index is 903. The Labute approximate surface area is 150 Å². The number of guanidine groups is 1. The second-order valence-corrected chi connectivity index (χ2v) is 7.72. The molecule has 12 heteroatoms. The number of tetrazole rings is 1. The van der Waals surface area contributed by atoms with Gasteiger partial charge in [0.1, 0.15) is 0 Å². The number of aromatic amines is 1. The van der Waals surface area contributed by atoms with Crippen molar-refractivity contribution in [1.29, 1.82) is 5.41 Å². The van der Waals surface area contributed by atoms with Crippen LogP contribution >= 0.6 is 0 Å². The molecule has 1 saturated heterocycles. The molecule has 0 spiro atoms. The van der Waals surface area contributed by atoms with Gasteiger partial charge in [0.05, 0.1) is 10.5 Å². The summed E-state index contributed by atoms with van der Waals surface area (Å²) in [5.41, 5.74) is 6.98. The van der Waals surface area contributed by atoms with E-state index >= 15 is 0 Å². The summed E-state index contributed by atoms with van der Waals surface area (Å²) in [6.45, 7) is 3.00. The van der Waals surface area contributed by atoms with Crippen LogP contribution in [-0.2, 0) is 10.0 Å². The smallest absolute Gasteiger partial charge is 0.239 e. The van der Waals surface area contributed by atoms with Crippen LogP contribution < -0.4 is 21.1 Å². The van der Waals surface area contributed by atoms with Gasteiger partial charge >= 0.3 is 0 Å². The van der Waals surface area contributed by atoms with E-state index < -0.39 is 10.0 Å². The average Bonchev–Trinajstić information content (AvgIpc) is 3.08. The largest absolute Gasteiger partial charge is 0.371 e.